The molecular weight excluding hydrogens is 460 g/mol. The van der Waals surface area contributed by atoms with Crippen LogP contribution >= 0.6 is 0 Å². The minimum absolute atomic E-state index is 0.0375. The molecule has 0 fully saturated rings. The van der Waals surface area contributed by atoms with E-state index in [1.807, 2.05) is 25.3 Å². The van der Waals surface area contributed by atoms with Crippen LogP contribution in [0.1, 0.15) is 32.8 Å². The predicted molar refractivity (Wildman–Crippen MR) is 130 cm³/mol. The van der Waals surface area contributed by atoms with Crippen LogP contribution in [0.2, 0.25) is 0 Å². The lowest BCUT2D eigenvalue weighted by Crippen LogP contribution is -2.42. The Morgan fingerprint density at radius 2 is 2.06 bits per heavy atom. The number of carbonyl (C=O) groups is 1. The van der Waals surface area contributed by atoms with Crippen LogP contribution < -0.4 is 9.64 Å². The van der Waals surface area contributed by atoms with Crippen LogP contribution in [0.3, 0.4) is 0 Å². The molecule has 1 atom stereocenters. The highest BCUT2D eigenvalue weighted by atomic mass is 32.2. The number of amides is 1. The number of hydrogen-bond donors (Lipinski definition) is 1. The molecule has 11 heteroatoms. The highest BCUT2D eigenvalue weighted by molar-refractivity contribution is 7.88. The van der Waals surface area contributed by atoms with Gasteiger partial charge in [-0.05, 0) is 45.7 Å². The van der Waals surface area contributed by atoms with E-state index >= 15 is 0 Å². The number of anilines is 1. The Hall–Kier alpha value is -2.63. The van der Waals surface area contributed by atoms with Crippen LogP contribution in [0.5, 0.6) is 5.75 Å². The molecule has 2 aromatic rings. The number of aromatic nitrogens is 2. The van der Waals surface area contributed by atoms with Crippen molar-refractivity contribution in [2.24, 2.45) is 0 Å². The number of sulfonamides is 1. The Balaban J connectivity index is 2.03. The Bertz CT molecular complexity index is 1140. The lowest BCUT2D eigenvalue weighted by molar-refractivity contribution is 0.0577. The van der Waals surface area contributed by atoms with Gasteiger partial charge in [0.25, 0.3) is 0 Å². The second kappa shape index (κ2) is 9.93. The Kier molecular flexibility index (Phi) is 7.59. The molecule has 188 valence electrons. The molecule has 0 radical (unpaired) electrons. The van der Waals surface area contributed by atoms with Crippen LogP contribution in [0.25, 0.3) is 11.1 Å². The quantitative estimate of drug-likeness (QED) is 0.600. The molecule has 0 saturated carbocycles. The fraction of sp³-hybridized carbons (Fsp3) is 0.565. The van der Waals surface area contributed by atoms with Crippen LogP contribution in [-0.4, -0.2) is 78.9 Å². The van der Waals surface area contributed by atoms with Crippen molar-refractivity contribution >= 4 is 21.8 Å². The summed E-state index contributed by atoms with van der Waals surface area (Å²) in [5.74, 6) is 0.586. The van der Waals surface area contributed by atoms with Crippen molar-refractivity contribution in [1.82, 2.24) is 14.1 Å². The first-order valence-electron chi connectivity index (χ1n) is 11.1. The molecule has 0 unspecified atom stereocenters. The predicted octanol–water partition coefficient (Wildman–Crippen LogP) is 2.50. The van der Waals surface area contributed by atoms with Crippen molar-refractivity contribution in [3.8, 4) is 16.9 Å². The van der Waals surface area contributed by atoms with Crippen LogP contribution in [-0.2, 0) is 27.7 Å². The standard InChI is InChI=1S/C23H34N4O6S/c1-16-7-8-19-20(27(16)22(28)32-5)10-9-18(17-13-24-26(14-17)15-23(2,3)29)21(19)33-12-11-25(4)34(6,30)31/h9-10,13-14,16,29H,7-8,11-12,15H2,1-6H3/t16-/m0/s1. The van der Waals surface area contributed by atoms with Crippen LogP contribution in [0, 0.1) is 0 Å². The molecule has 2 heterocycles. The van der Waals surface area contributed by atoms with E-state index in [0.29, 0.717) is 24.4 Å². The molecule has 1 N–H and O–H groups in total. The second-order valence-electron chi connectivity index (χ2n) is 9.34. The minimum atomic E-state index is -3.33. The van der Waals surface area contributed by atoms with E-state index in [1.54, 1.807) is 29.6 Å². The molecule has 1 aromatic carbocycles. The maximum atomic E-state index is 12.5. The third-order valence-electron chi connectivity index (χ3n) is 5.83. The summed E-state index contributed by atoms with van der Waals surface area (Å²) in [7, 11) is -0.479. The van der Waals surface area contributed by atoms with Crippen molar-refractivity contribution in [2.75, 3.05) is 38.5 Å². The fourth-order valence-corrected chi connectivity index (χ4v) is 4.41. The fourth-order valence-electron chi connectivity index (χ4n) is 4.00. The molecule has 0 bridgehead atoms. The molecule has 1 aromatic heterocycles. The molecule has 1 aliphatic rings. The Morgan fingerprint density at radius 1 is 1.35 bits per heavy atom. The average Bonchev–Trinajstić information content (AvgIpc) is 3.18. The Morgan fingerprint density at radius 3 is 2.68 bits per heavy atom. The number of carbonyl (C=O) groups excluding carboxylic acids is 1. The van der Waals surface area contributed by atoms with Gasteiger partial charge >= 0.3 is 6.09 Å². The van der Waals surface area contributed by atoms with E-state index in [0.717, 1.165) is 29.4 Å². The number of fused-ring (bicyclic) bond motifs is 1. The molecular formula is C23H34N4O6S. The molecule has 1 amide bonds. The van der Waals surface area contributed by atoms with E-state index < -0.39 is 21.7 Å². The molecule has 3 rings (SSSR count). The number of ether oxygens (including phenoxy) is 2. The number of nitrogens with zero attached hydrogens (tertiary/aromatic N) is 4. The third kappa shape index (κ3) is 5.89. The van der Waals surface area contributed by atoms with Gasteiger partial charge in [-0.1, -0.05) is 0 Å². The van der Waals surface area contributed by atoms with Gasteiger partial charge in [0.15, 0.2) is 0 Å². The number of methoxy groups -OCH3 is 1. The molecule has 0 saturated heterocycles. The zero-order chi connectivity index (χ0) is 25.3. The minimum Gasteiger partial charge on any atom is -0.491 e. The Labute approximate surface area is 201 Å². The highest BCUT2D eigenvalue weighted by Gasteiger charge is 2.32. The van der Waals surface area contributed by atoms with Crippen molar-refractivity contribution in [2.45, 2.75) is 51.8 Å². The lowest BCUT2D eigenvalue weighted by atomic mass is 9.92. The summed E-state index contributed by atoms with van der Waals surface area (Å²) in [5.41, 5.74) is 2.22. The SMILES string of the molecule is COC(=O)N1c2ccc(-c3cnn(CC(C)(C)O)c3)c(OCCN(C)S(C)(=O)=O)c2CC[C@@H]1C. The van der Waals surface area contributed by atoms with Gasteiger partial charge < -0.3 is 14.6 Å². The number of likely N-dealkylation sites (N-methyl/N-ethyl adjacent to an activating group) is 1. The summed E-state index contributed by atoms with van der Waals surface area (Å²) in [6, 6.07) is 3.71. The van der Waals surface area contributed by atoms with Gasteiger partial charge in [0, 0.05) is 42.5 Å². The van der Waals surface area contributed by atoms with E-state index in [-0.39, 0.29) is 19.2 Å². The summed E-state index contributed by atoms with van der Waals surface area (Å²) in [5, 5.41) is 14.5. The van der Waals surface area contributed by atoms with Gasteiger partial charge in [-0.25, -0.2) is 17.5 Å². The molecule has 1 aliphatic heterocycles. The zero-order valence-corrected chi connectivity index (χ0v) is 21.4. The van der Waals surface area contributed by atoms with Gasteiger partial charge in [0.2, 0.25) is 10.0 Å². The van der Waals surface area contributed by atoms with Crippen molar-refractivity contribution < 1.29 is 27.8 Å². The van der Waals surface area contributed by atoms with E-state index in [2.05, 4.69) is 5.10 Å². The number of hydrogen-bond acceptors (Lipinski definition) is 7. The van der Waals surface area contributed by atoms with Gasteiger partial charge in [0.05, 0.1) is 37.4 Å². The van der Waals surface area contributed by atoms with Gasteiger partial charge in [-0.15, -0.1) is 0 Å². The molecule has 34 heavy (non-hydrogen) atoms. The first-order chi connectivity index (χ1) is 15.8. The number of benzene rings is 1. The topological polar surface area (TPSA) is 114 Å². The largest absolute Gasteiger partial charge is 0.491 e. The summed E-state index contributed by atoms with van der Waals surface area (Å²) >= 11 is 0. The van der Waals surface area contributed by atoms with E-state index in [9.17, 15) is 18.3 Å². The second-order valence-corrected chi connectivity index (χ2v) is 11.4. The van der Waals surface area contributed by atoms with Crippen molar-refractivity contribution in [1.29, 1.82) is 0 Å². The van der Waals surface area contributed by atoms with Crippen LogP contribution in [0.15, 0.2) is 24.5 Å². The number of rotatable bonds is 8. The summed E-state index contributed by atoms with van der Waals surface area (Å²) in [6.07, 6.45) is 5.65. The zero-order valence-electron chi connectivity index (χ0n) is 20.6. The highest BCUT2D eigenvalue weighted by Crippen LogP contribution is 2.43. The lowest BCUT2D eigenvalue weighted by Gasteiger charge is -2.35. The van der Waals surface area contributed by atoms with Gasteiger partial charge in [-0.3, -0.25) is 9.58 Å². The molecule has 10 nitrogen and oxygen atoms in total. The first-order valence-corrected chi connectivity index (χ1v) is 13.0. The molecule has 0 spiro atoms. The summed E-state index contributed by atoms with van der Waals surface area (Å²) in [4.78, 5) is 14.1. The first kappa shape index (κ1) is 26.0. The number of aliphatic hydroxyl groups is 1. The average molecular weight is 495 g/mol. The maximum absolute atomic E-state index is 12.5. The summed E-state index contributed by atoms with van der Waals surface area (Å²) in [6.45, 7) is 6.03. The summed E-state index contributed by atoms with van der Waals surface area (Å²) < 4.78 is 37.7. The van der Waals surface area contributed by atoms with Gasteiger partial charge in [0.1, 0.15) is 12.4 Å². The van der Waals surface area contributed by atoms with Crippen LogP contribution in [0.4, 0.5) is 10.5 Å². The third-order valence-corrected chi connectivity index (χ3v) is 7.15. The van der Waals surface area contributed by atoms with E-state index in [4.69, 9.17) is 9.47 Å². The van der Waals surface area contributed by atoms with Gasteiger partial charge in [-0.2, -0.15) is 5.10 Å². The molecule has 0 aliphatic carbocycles. The smallest absolute Gasteiger partial charge is 0.414 e. The van der Waals surface area contributed by atoms with Crippen molar-refractivity contribution in [3.63, 3.8) is 0 Å². The van der Waals surface area contributed by atoms with E-state index in [1.165, 1.54) is 18.5 Å². The van der Waals surface area contributed by atoms with Crippen molar-refractivity contribution in [3.05, 3.63) is 30.1 Å². The monoisotopic (exact) mass is 494 g/mol. The maximum Gasteiger partial charge on any atom is 0.414 e. The normalized spacial score (nSPS) is 16.5.